The van der Waals surface area contributed by atoms with E-state index in [1.165, 1.54) is 0 Å². The van der Waals surface area contributed by atoms with Crippen LogP contribution >= 0.6 is 7.14 Å². The number of nitrogens with one attached hydrogen (secondary N) is 1. The van der Waals surface area contributed by atoms with Crippen molar-refractivity contribution in [2.24, 2.45) is 0 Å². The molecule has 5 rings (SSSR count). The van der Waals surface area contributed by atoms with Gasteiger partial charge in [-0.1, -0.05) is 103 Å². The van der Waals surface area contributed by atoms with E-state index in [9.17, 15) is 9.67 Å². The van der Waals surface area contributed by atoms with Gasteiger partial charge in [0.1, 0.15) is 42.9 Å². The first-order valence-electron chi connectivity index (χ1n) is 15.2. The fourth-order valence-corrected chi connectivity index (χ4v) is 7.14. The molecule has 0 saturated heterocycles. The van der Waals surface area contributed by atoms with Crippen LogP contribution in [0.4, 0.5) is 0 Å². The SMILES string of the molecule is C[C@H](Cc1ccc(OCP(=O)(c2ccccc2)c2ccccc2)cc1)NC[C@H](O)COc1ccc(OCc2ccccc2)cc1. The Bertz CT molecular complexity index is 1570. The molecule has 0 aliphatic rings. The van der Waals surface area contributed by atoms with E-state index >= 15 is 0 Å². The summed E-state index contributed by atoms with van der Waals surface area (Å²) in [6.45, 7) is 3.19. The smallest absolute Gasteiger partial charge is 0.178 e. The van der Waals surface area contributed by atoms with Gasteiger partial charge in [-0.3, -0.25) is 0 Å². The third kappa shape index (κ3) is 9.57. The van der Waals surface area contributed by atoms with Crippen molar-refractivity contribution in [3.05, 3.63) is 151 Å². The van der Waals surface area contributed by atoms with Gasteiger partial charge in [0.25, 0.3) is 0 Å². The fraction of sp³-hybridized carbons (Fsp3) is 0.211. The van der Waals surface area contributed by atoms with E-state index in [1.54, 1.807) is 0 Å². The van der Waals surface area contributed by atoms with Crippen LogP contribution in [0.1, 0.15) is 18.1 Å². The number of ether oxygens (including phenoxy) is 3. The lowest BCUT2D eigenvalue weighted by Gasteiger charge is -2.20. The minimum atomic E-state index is -2.96. The third-order valence-corrected chi connectivity index (χ3v) is 10.2. The van der Waals surface area contributed by atoms with Crippen LogP contribution in [0.2, 0.25) is 0 Å². The van der Waals surface area contributed by atoms with E-state index in [4.69, 9.17) is 14.2 Å². The molecule has 0 saturated carbocycles. The molecular weight excluding hydrogens is 581 g/mol. The molecule has 0 aromatic heterocycles. The standard InChI is InChI=1S/C38H40NO5P/c1-30(39-26-33(40)28-43-35-23-21-34(22-24-35)42-27-32-11-5-2-6-12-32)25-31-17-19-36(20-18-31)44-29-45(41,37-13-7-3-8-14-37)38-15-9-4-10-16-38/h2-24,30,33,39-40H,25-29H2,1H3/t30-,33+/m1/s1. The van der Waals surface area contributed by atoms with Crippen LogP contribution in [0.5, 0.6) is 17.2 Å². The van der Waals surface area contributed by atoms with E-state index in [-0.39, 0.29) is 19.0 Å². The molecule has 0 radical (unpaired) electrons. The second-order valence-electron chi connectivity index (χ2n) is 11.1. The molecular formula is C38H40NO5P. The molecule has 0 amide bonds. The predicted octanol–water partition coefficient (Wildman–Crippen LogP) is 6.58. The maximum Gasteiger partial charge on any atom is 0.178 e. The van der Waals surface area contributed by atoms with Gasteiger partial charge in [-0.2, -0.15) is 0 Å². The molecule has 0 aliphatic heterocycles. The monoisotopic (exact) mass is 621 g/mol. The van der Waals surface area contributed by atoms with E-state index < -0.39 is 13.2 Å². The van der Waals surface area contributed by atoms with Gasteiger partial charge in [-0.15, -0.1) is 0 Å². The van der Waals surface area contributed by atoms with E-state index in [0.717, 1.165) is 33.9 Å². The zero-order valence-corrected chi connectivity index (χ0v) is 26.4. The molecule has 0 unspecified atom stereocenters. The molecule has 5 aromatic rings. The van der Waals surface area contributed by atoms with Crippen molar-refractivity contribution in [1.29, 1.82) is 0 Å². The van der Waals surface area contributed by atoms with Gasteiger partial charge in [0, 0.05) is 23.2 Å². The number of benzene rings is 5. The molecule has 6 nitrogen and oxygen atoms in total. The molecule has 0 bridgehead atoms. The fourth-order valence-electron chi connectivity index (χ4n) is 4.91. The molecule has 0 heterocycles. The van der Waals surface area contributed by atoms with Gasteiger partial charge in [-0.05, 0) is 60.9 Å². The number of aliphatic hydroxyl groups is 1. The molecule has 2 atom stereocenters. The quantitative estimate of drug-likeness (QED) is 0.121. The third-order valence-electron chi connectivity index (χ3n) is 7.44. The summed E-state index contributed by atoms with van der Waals surface area (Å²) in [4.78, 5) is 0. The van der Waals surface area contributed by atoms with Crippen LogP contribution in [0.3, 0.4) is 0 Å². The first-order valence-corrected chi connectivity index (χ1v) is 17.1. The van der Waals surface area contributed by atoms with E-state index in [1.807, 2.05) is 140 Å². The normalized spacial score (nSPS) is 12.7. The van der Waals surface area contributed by atoms with Crippen LogP contribution in [0.15, 0.2) is 140 Å². The Balaban J connectivity index is 1.04. The highest BCUT2D eigenvalue weighted by atomic mass is 31.2. The zero-order valence-electron chi connectivity index (χ0n) is 25.5. The van der Waals surface area contributed by atoms with Crippen molar-refractivity contribution in [3.63, 3.8) is 0 Å². The lowest BCUT2D eigenvalue weighted by Crippen LogP contribution is -2.37. The number of rotatable bonds is 16. The molecule has 0 aliphatic carbocycles. The largest absolute Gasteiger partial charge is 0.491 e. The highest BCUT2D eigenvalue weighted by molar-refractivity contribution is 7.78. The Labute approximate surface area is 266 Å². The van der Waals surface area contributed by atoms with Gasteiger partial charge in [0.2, 0.25) is 0 Å². The lowest BCUT2D eigenvalue weighted by atomic mass is 10.1. The van der Waals surface area contributed by atoms with E-state index in [0.29, 0.717) is 24.7 Å². The summed E-state index contributed by atoms with van der Waals surface area (Å²) in [5.74, 6) is 2.12. The zero-order chi connectivity index (χ0) is 31.3. The van der Waals surface area contributed by atoms with Gasteiger partial charge in [-0.25, -0.2) is 0 Å². The number of hydrogen-bond donors (Lipinski definition) is 2. The average Bonchev–Trinajstić information content (AvgIpc) is 3.10. The molecule has 7 heteroatoms. The molecule has 0 fully saturated rings. The Hall–Kier alpha value is -4.35. The van der Waals surface area contributed by atoms with Crippen LogP contribution in [0.25, 0.3) is 0 Å². The molecule has 45 heavy (non-hydrogen) atoms. The summed E-state index contributed by atoms with van der Waals surface area (Å²) < 4.78 is 31.8. The highest BCUT2D eigenvalue weighted by Gasteiger charge is 2.28. The topological polar surface area (TPSA) is 77.0 Å². The van der Waals surface area contributed by atoms with Crippen molar-refractivity contribution in [3.8, 4) is 17.2 Å². The van der Waals surface area contributed by atoms with Crippen LogP contribution < -0.4 is 30.1 Å². The Morgan fingerprint density at radius 2 is 1.11 bits per heavy atom. The first-order chi connectivity index (χ1) is 22.0. The van der Waals surface area contributed by atoms with Crippen molar-refractivity contribution >= 4 is 17.8 Å². The van der Waals surface area contributed by atoms with Crippen molar-refractivity contribution < 1.29 is 23.9 Å². The van der Waals surface area contributed by atoms with Crippen molar-refractivity contribution in [2.45, 2.75) is 32.1 Å². The minimum absolute atomic E-state index is 0.0878. The summed E-state index contributed by atoms with van der Waals surface area (Å²) >= 11 is 0. The molecule has 5 aromatic carbocycles. The second kappa shape index (κ2) is 16.1. The second-order valence-corrected chi connectivity index (χ2v) is 13.8. The van der Waals surface area contributed by atoms with E-state index in [2.05, 4.69) is 12.2 Å². The average molecular weight is 622 g/mol. The maximum absolute atomic E-state index is 14.2. The Morgan fingerprint density at radius 3 is 1.69 bits per heavy atom. The van der Waals surface area contributed by atoms with Gasteiger partial charge < -0.3 is 29.2 Å². The Kier molecular flexibility index (Phi) is 11.5. The summed E-state index contributed by atoms with van der Waals surface area (Å²) in [5.41, 5.74) is 2.25. The molecule has 232 valence electrons. The van der Waals surface area contributed by atoms with Crippen LogP contribution in [-0.2, 0) is 17.6 Å². The maximum atomic E-state index is 14.2. The molecule has 0 spiro atoms. The lowest BCUT2D eigenvalue weighted by molar-refractivity contribution is 0.104. The number of hydrogen-bond acceptors (Lipinski definition) is 6. The Morgan fingerprint density at radius 1 is 0.622 bits per heavy atom. The van der Waals surface area contributed by atoms with Gasteiger partial charge >= 0.3 is 0 Å². The van der Waals surface area contributed by atoms with Crippen LogP contribution in [0, 0.1) is 0 Å². The van der Waals surface area contributed by atoms with Crippen molar-refractivity contribution in [2.75, 3.05) is 19.5 Å². The van der Waals surface area contributed by atoms with Gasteiger partial charge in [0.05, 0.1) is 0 Å². The number of aliphatic hydroxyl groups excluding tert-OH is 1. The molecule has 2 N–H and O–H groups in total. The minimum Gasteiger partial charge on any atom is -0.491 e. The summed E-state index contributed by atoms with van der Waals surface area (Å²) in [6, 6.07) is 44.6. The summed E-state index contributed by atoms with van der Waals surface area (Å²) in [7, 11) is -2.96. The summed E-state index contributed by atoms with van der Waals surface area (Å²) in [5, 5.41) is 15.4. The highest BCUT2D eigenvalue weighted by Crippen LogP contribution is 2.43. The summed E-state index contributed by atoms with van der Waals surface area (Å²) in [6.07, 6.45) is 0.220. The first kappa shape index (κ1) is 32.1. The van der Waals surface area contributed by atoms with Gasteiger partial charge in [0.15, 0.2) is 7.14 Å². The predicted molar refractivity (Wildman–Crippen MR) is 182 cm³/mol. The van der Waals surface area contributed by atoms with Crippen molar-refractivity contribution in [1.82, 2.24) is 5.32 Å². The van der Waals surface area contributed by atoms with Crippen LogP contribution in [-0.4, -0.2) is 36.8 Å².